The van der Waals surface area contributed by atoms with E-state index < -0.39 is 0 Å². The van der Waals surface area contributed by atoms with Crippen LogP contribution in [-0.2, 0) is 9.47 Å². The number of hydrogen-bond donors (Lipinski definition) is 1. The van der Waals surface area contributed by atoms with E-state index in [2.05, 4.69) is 19.2 Å². The van der Waals surface area contributed by atoms with Gasteiger partial charge in [0, 0.05) is 12.1 Å². The summed E-state index contributed by atoms with van der Waals surface area (Å²) in [6, 6.07) is 0. The highest BCUT2D eigenvalue weighted by molar-refractivity contribution is 4.86. The van der Waals surface area contributed by atoms with Gasteiger partial charge in [0.1, 0.15) is 0 Å². The predicted octanol–water partition coefficient (Wildman–Crippen LogP) is 1.57. The van der Waals surface area contributed by atoms with Crippen LogP contribution < -0.4 is 5.32 Å². The Labute approximate surface area is 87.2 Å². The molecule has 0 aromatic carbocycles. The number of ether oxygens (including phenoxy) is 2. The van der Waals surface area contributed by atoms with Crippen LogP contribution >= 0.6 is 0 Å². The highest BCUT2D eigenvalue weighted by Crippen LogP contribution is 2.15. The number of rotatable bonds is 4. The minimum atomic E-state index is 0.161. The molecule has 1 aliphatic rings. The van der Waals surface area contributed by atoms with Gasteiger partial charge in [-0.3, -0.25) is 0 Å². The first kappa shape index (κ1) is 12.0. The average molecular weight is 201 g/mol. The lowest BCUT2D eigenvalue weighted by Crippen LogP contribution is -2.55. The van der Waals surface area contributed by atoms with Crippen LogP contribution in [0.15, 0.2) is 0 Å². The molecule has 3 heteroatoms. The third-order valence-corrected chi connectivity index (χ3v) is 2.79. The van der Waals surface area contributed by atoms with Gasteiger partial charge in [-0.05, 0) is 27.2 Å². The molecule has 0 aromatic heterocycles. The summed E-state index contributed by atoms with van der Waals surface area (Å²) in [5.41, 5.74) is 0.161. The van der Waals surface area contributed by atoms with Crippen molar-refractivity contribution < 1.29 is 9.47 Å². The first-order valence-corrected chi connectivity index (χ1v) is 5.54. The van der Waals surface area contributed by atoms with Crippen LogP contribution in [0.5, 0.6) is 0 Å². The molecule has 1 aliphatic heterocycles. The quantitative estimate of drug-likeness (QED) is 0.749. The zero-order valence-electron chi connectivity index (χ0n) is 9.80. The third-order valence-electron chi connectivity index (χ3n) is 2.79. The van der Waals surface area contributed by atoms with Crippen molar-refractivity contribution in [3.05, 3.63) is 0 Å². The van der Waals surface area contributed by atoms with E-state index in [0.29, 0.717) is 6.61 Å². The van der Waals surface area contributed by atoms with Crippen molar-refractivity contribution in [1.82, 2.24) is 5.32 Å². The van der Waals surface area contributed by atoms with Crippen LogP contribution in [-0.4, -0.2) is 37.5 Å². The van der Waals surface area contributed by atoms with Gasteiger partial charge in [0.05, 0.1) is 25.4 Å². The molecule has 14 heavy (non-hydrogen) atoms. The lowest BCUT2D eigenvalue weighted by Gasteiger charge is -2.38. The lowest BCUT2D eigenvalue weighted by molar-refractivity contribution is -0.0779. The van der Waals surface area contributed by atoms with E-state index in [1.54, 1.807) is 0 Å². The fourth-order valence-corrected chi connectivity index (χ4v) is 1.41. The van der Waals surface area contributed by atoms with E-state index in [-0.39, 0.29) is 17.7 Å². The Bertz CT molecular complexity index is 163. The lowest BCUT2D eigenvalue weighted by atomic mass is 9.98. The van der Waals surface area contributed by atoms with Crippen molar-refractivity contribution in [3.8, 4) is 0 Å². The van der Waals surface area contributed by atoms with E-state index >= 15 is 0 Å². The van der Waals surface area contributed by atoms with Crippen LogP contribution in [0.1, 0.15) is 34.1 Å². The van der Waals surface area contributed by atoms with E-state index in [9.17, 15) is 0 Å². The van der Waals surface area contributed by atoms with Crippen LogP contribution in [0.2, 0.25) is 0 Å². The second kappa shape index (κ2) is 5.10. The Kier molecular flexibility index (Phi) is 4.35. The normalized spacial score (nSPS) is 33.6. The molecule has 1 saturated heterocycles. The SMILES string of the molecule is CCC1(C)COC(COC(C)C)CN1. The van der Waals surface area contributed by atoms with E-state index in [0.717, 1.165) is 19.6 Å². The molecule has 0 spiro atoms. The topological polar surface area (TPSA) is 30.5 Å². The highest BCUT2D eigenvalue weighted by Gasteiger charge is 2.29. The van der Waals surface area contributed by atoms with Crippen LogP contribution in [0.25, 0.3) is 0 Å². The maximum Gasteiger partial charge on any atom is 0.0933 e. The first-order chi connectivity index (χ1) is 6.56. The third kappa shape index (κ3) is 3.56. The summed E-state index contributed by atoms with van der Waals surface area (Å²) < 4.78 is 11.3. The van der Waals surface area contributed by atoms with Gasteiger partial charge in [-0.1, -0.05) is 6.92 Å². The highest BCUT2D eigenvalue weighted by atomic mass is 16.5. The van der Waals surface area contributed by atoms with Gasteiger partial charge in [-0.25, -0.2) is 0 Å². The zero-order valence-corrected chi connectivity index (χ0v) is 9.80. The molecular formula is C11H23NO2. The maximum atomic E-state index is 5.75. The number of nitrogens with one attached hydrogen (secondary N) is 1. The molecule has 84 valence electrons. The Balaban J connectivity index is 2.22. The molecule has 1 rings (SSSR count). The van der Waals surface area contributed by atoms with E-state index in [4.69, 9.17) is 9.47 Å². The number of morpholine rings is 1. The van der Waals surface area contributed by atoms with Crippen LogP contribution in [0.4, 0.5) is 0 Å². The molecule has 0 radical (unpaired) electrons. The molecule has 2 unspecified atom stereocenters. The largest absolute Gasteiger partial charge is 0.376 e. The average Bonchev–Trinajstić information content (AvgIpc) is 2.17. The van der Waals surface area contributed by atoms with Gasteiger partial charge in [0.2, 0.25) is 0 Å². The van der Waals surface area contributed by atoms with Crippen LogP contribution in [0.3, 0.4) is 0 Å². The van der Waals surface area contributed by atoms with Gasteiger partial charge in [0.15, 0.2) is 0 Å². The Hall–Kier alpha value is -0.120. The minimum Gasteiger partial charge on any atom is -0.376 e. The van der Waals surface area contributed by atoms with Gasteiger partial charge < -0.3 is 14.8 Å². The summed E-state index contributed by atoms with van der Waals surface area (Å²) in [6.07, 6.45) is 1.61. The van der Waals surface area contributed by atoms with E-state index in [1.807, 2.05) is 13.8 Å². The summed E-state index contributed by atoms with van der Waals surface area (Å²) in [6.45, 7) is 10.9. The molecule has 0 bridgehead atoms. The molecule has 1 fully saturated rings. The van der Waals surface area contributed by atoms with Crippen molar-refractivity contribution in [2.24, 2.45) is 0 Å². The molecule has 1 N–H and O–H groups in total. The minimum absolute atomic E-state index is 0.161. The molecule has 0 amide bonds. The zero-order chi connectivity index (χ0) is 10.6. The fraction of sp³-hybridized carbons (Fsp3) is 1.00. The smallest absolute Gasteiger partial charge is 0.0933 e. The molecule has 0 aromatic rings. The maximum absolute atomic E-state index is 5.75. The van der Waals surface area contributed by atoms with Gasteiger partial charge in [-0.15, -0.1) is 0 Å². The van der Waals surface area contributed by atoms with Crippen molar-refractivity contribution in [2.45, 2.75) is 51.9 Å². The van der Waals surface area contributed by atoms with Crippen molar-refractivity contribution >= 4 is 0 Å². The standard InChI is InChI=1S/C11H23NO2/c1-5-11(4)8-14-10(6-12-11)7-13-9(2)3/h9-10,12H,5-8H2,1-4H3. The van der Waals surface area contributed by atoms with Gasteiger partial charge in [0.25, 0.3) is 0 Å². The number of hydrogen-bond acceptors (Lipinski definition) is 3. The summed E-state index contributed by atoms with van der Waals surface area (Å²) in [5, 5.41) is 3.51. The predicted molar refractivity (Wildman–Crippen MR) is 57.5 cm³/mol. The Morgan fingerprint density at radius 2 is 2.29 bits per heavy atom. The molecule has 3 nitrogen and oxygen atoms in total. The Morgan fingerprint density at radius 3 is 2.71 bits per heavy atom. The molecule has 2 atom stereocenters. The second-order valence-corrected chi connectivity index (χ2v) is 4.61. The first-order valence-electron chi connectivity index (χ1n) is 5.54. The monoisotopic (exact) mass is 201 g/mol. The molecule has 0 saturated carbocycles. The van der Waals surface area contributed by atoms with Crippen molar-refractivity contribution in [3.63, 3.8) is 0 Å². The Morgan fingerprint density at radius 1 is 1.57 bits per heavy atom. The van der Waals surface area contributed by atoms with Gasteiger partial charge in [-0.2, -0.15) is 0 Å². The van der Waals surface area contributed by atoms with Crippen LogP contribution in [0, 0.1) is 0 Å². The summed E-state index contributed by atoms with van der Waals surface area (Å²) >= 11 is 0. The summed E-state index contributed by atoms with van der Waals surface area (Å²) in [7, 11) is 0. The molecule has 0 aliphatic carbocycles. The molecule has 1 heterocycles. The summed E-state index contributed by atoms with van der Waals surface area (Å²) in [4.78, 5) is 0. The fourth-order valence-electron chi connectivity index (χ4n) is 1.41. The van der Waals surface area contributed by atoms with Crippen molar-refractivity contribution in [2.75, 3.05) is 19.8 Å². The van der Waals surface area contributed by atoms with E-state index in [1.165, 1.54) is 0 Å². The summed E-state index contributed by atoms with van der Waals surface area (Å²) in [5.74, 6) is 0. The van der Waals surface area contributed by atoms with Crippen molar-refractivity contribution in [1.29, 1.82) is 0 Å². The second-order valence-electron chi connectivity index (χ2n) is 4.61. The molecular weight excluding hydrogens is 178 g/mol. The van der Waals surface area contributed by atoms with Gasteiger partial charge >= 0.3 is 0 Å².